The monoisotopic (exact) mass is 275 g/mol. The quantitative estimate of drug-likeness (QED) is 0.896. The van der Waals surface area contributed by atoms with E-state index in [9.17, 15) is 0 Å². The van der Waals surface area contributed by atoms with Crippen molar-refractivity contribution in [3.8, 4) is 0 Å². The first kappa shape index (κ1) is 15.3. The van der Waals surface area contributed by atoms with Gasteiger partial charge in [0.05, 0.1) is 0 Å². The summed E-state index contributed by atoms with van der Waals surface area (Å²) in [6.45, 7) is 11.9. The van der Waals surface area contributed by atoms with Crippen LogP contribution >= 0.6 is 0 Å². The van der Waals surface area contributed by atoms with Crippen LogP contribution in [-0.4, -0.2) is 43.2 Å². The minimum atomic E-state index is 0.207. The molecule has 2 N–H and O–H groups in total. The highest BCUT2D eigenvalue weighted by atomic mass is 15.3. The normalized spacial score (nSPS) is 17.5. The van der Waals surface area contributed by atoms with Crippen LogP contribution in [0.4, 0.5) is 5.69 Å². The summed E-state index contributed by atoms with van der Waals surface area (Å²) in [5, 5.41) is 0. The average Bonchev–Trinajstić information content (AvgIpc) is 2.50. The molecule has 0 saturated carbocycles. The molecule has 1 fully saturated rings. The molecule has 1 aromatic carbocycles. The van der Waals surface area contributed by atoms with Gasteiger partial charge in [0.2, 0.25) is 0 Å². The van der Waals surface area contributed by atoms with Crippen molar-refractivity contribution < 1.29 is 0 Å². The lowest BCUT2D eigenvalue weighted by Crippen LogP contribution is -2.59. The van der Waals surface area contributed by atoms with Gasteiger partial charge in [-0.2, -0.15) is 0 Å². The van der Waals surface area contributed by atoms with E-state index >= 15 is 0 Å². The van der Waals surface area contributed by atoms with Gasteiger partial charge in [0.1, 0.15) is 0 Å². The van der Waals surface area contributed by atoms with E-state index in [-0.39, 0.29) is 5.54 Å². The molecule has 0 amide bonds. The lowest BCUT2D eigenvalue weighted by Gasteiger charge is -2.47. The second kappa shape index (κ2) is 6.59. The van der Waals surface area contributed by atoms with E-state index in [1.165, 1.54) is 11.3 Å². The summed E-state index contributed by atoms with van der Waals surface area (Å²) in [7, 11) is 0. The molecule has 20 heavy (non-hydrogen) atoms. The summed E-state index contributed by atoms with van der Waals surface area (Å²) in [4.78, 5) is 5.11. The Hall–Kier alpha value is -1.06. The summed E-state index contributed by atoms with van der Waals surface area (Å²) >= 11 is 0. The molecule has 112 valence electrons. The van der Waals surface area contributed by atoms with Crippen LogP contribution < -0.4 is 10.6 Å². The number of hydrogen-bond donors (Lipinski definition) is 1. The molecular weight excluding hydrogens is 246 g/mol. The minimum absolute atomic E-state index is 0.207. The third-order valence-corrected chi connectivity index (χ3v) is 5.01. The van der Waals surface area contributed by atoms with Crippen molar-refractivity contribution in [1.82, 2.24) is 4.90 Å². The van der Waals surface area contributed by atoms with E-state index in [1.807, 2.05) is 0 Å². The van der Waals surface area contributed by atoms with Crippen LogP contribution in [0, 0.1) is 6.92 Å². The Balaban J connectivity index is 2.02. The van der Waals surface area contributed by atoms with Crippen LogP contribution in [0.1, 0.15) is 32.3 Å². The highest BCUT2D eigenvalue weighted by molar-refractivity contribution is 5.48. The Kier molecular flexibility index (Phi) is 5.06. The van der Waals surface area contributed by atoms with Crippen LogP contribution in [0.3, 0.4) is 0 Å². The highest BCUT2D eigenvalue weighted by Crippen LogP contribution is 2.26. The number of nitrogens with zero attached hydrogens (tertiary/aromatic N) is 2. The zero-order chi connectivity index (χ0) is 14.6. The first-order valence-corrected chi connectivity index (χ1v) is 7.92. The van der Waals surface area contributed by atoms with E-state index in [2.05, 4.69) is 54.8 Å². The third-order valence-electron chi connectivity index (χ3n) is 5.01. The van der Waals surface area contributed by atoms with Crippen molar-refractivity contribution in [2.75, 3.05) is 37.6 Å². The van der Waals surface area contributed by atoms with Crippen LogP contribution in [0.25, 0.3) is 0 Å². The van der Waals surface area contributed by atoms with E-state index in [1.54, 1.807) is 0 Å². The van der Waals surface area contributed by atoms with Gasteiger partial charge in [-0.3, -0.25) is 4.90 Å². The summed E-state index contributed by atoms with van der Waals surface area (Å²) in [6, 6.07) is 8.82. The molecule has 1 aromatic rings. The molecule has 0 aliphatic carbocycles. The molecule has 0 radical (unpaired) electrons. The number of nitrogens with two attached hydrogens (primary N) is 1. The first-order chi connectivity index (χ1) is 9.65. The predicted octanol–water partition coefficient (Wildman–Crippen LogP) is 2.63. The van der Waals surface area contributed by atoms with Gasteiger partial charge in [-0.05, 0) is 37.5 Å². The fourth-order valence-corrected chi connectivity index (χ4v) is 3.38. The number of piperazine rings is 1. The molecule has 0 atom stereocenters. The molecule has 3 heteroatoms. The summed E-state index contributed by atoms with van der Waals surface area (Å²) in [6.07, 6.45) is 2.29. The lowest BCUT2D eigenvalue weighted by atomic mass is 9.90. The van der Waals surface area contributed by atoms with Crippen molar-refractivity contribution in [2.45, 2.75) is 39.2 Å². The van der Waals surface area contributed by atoms with Gasteiger partial charge in [-0.25, -0.2) is 0 Å². The molecule has 2 rings (SSSR count). The molecule has 1 saturated heterocycles. The largest absolute Gasteiger partial charge is 0.369 e. The molecule has 0 bridgehead atoms. The maximum absolute atomic E-state index is 6.07. The Morgan fingerprint density at radius 2 is 1.75 bits per heavy atom. The van der Waals surface area contributed by atoms with Crippen LogP contribution in [0.15, 0.2) is 24.3 Å². The summed E-state index contributed by atoms with van der Waals surface area (Å²) in [5.74, 6) is 0. The van der Waals surface area contributed by atoms with Crippen molar-refractivity contribution in [3.63, 3.8) is 0 Å². The Morgan fingerprint density at radius 3 is 2.25 bits per heavy atom. The molecule has 3 nitrogen and oxygen atoms in total. The van der Waals surface area contributed by atoms with Gasteiger partial charge in [0.15, 0.2) is 0 Å². The van der Waals surface area contributed by atoms with E-state index in [0.717, 1.165) is 45.6 Å². The smallest absolute Gasteiger partial charge is 0.0369 e. The third kappa shape index (κ3) is 2.99. The Bertz CT molecular complexity index is 410. The van der Waals surface area contributed by atoms with Gasteiger partial charge in [-0.1, -0.05) is 26.0 Å². The second-order valence-electron chi connectivity index (χ2n) is 5.95. The van der Waals surface area contributed by atoms with Crippen LogP contribution in [0.2, 0.25) is 0 Å². The Morgan fingerprint density at radius 1 is 1.10 bits per heavy atom. The summed E-state index contributed by atoms with van der Waals surface area (Å²) in [5.41, 5.74) is 8.97. The lowest BCUT2D eigenvalue weighted by molar-refractivity contribution is 0.0786. The van der Waals surface area contributed by atoms with Gasteiger partial charge in [0, 0.05) is 44.0 Å². The molecular formula is C17H29N3. The molecule has 0 aromatic heterocycles. The standard InChI is InChI=1S/C17H29N3/c1-4-17(5-2,14-18)20-11-9-19(10-12-20)16-8-6-7-15(3)13-16/h6-8,13H,4-5,9-12,14,18H2,1-3H3. The maximum atomic E-state index is 6.07. The van der Waals surface area contributed by atoms with Crippen molar-refractivity contribution in [2.24, 2.45) is 5.73 Å². The van der Waals surface area contributed by atoms with Gasteiger partial charge < -0.3 is 10.6 Å². The van der Waals surface area contributed by atoms with E-state index < -0.39 is 0 Å². The fourth-order valence-electron chi connectivity index (χ4n) is 3.38. The molecule has 1 heterocycles. The molecule has 1 aliphatic rings. The fraction of sp³-hybridized carbons (Fsp3) is 0.647. The van der Waals surface area contributed by atoms with Crippen LogP contribution in [-0.2, 0) is 0 Å². The zero-order valence-corrected chi connectivity index (χ0v) is 13.2. The Labute approximate surface area is 123 Å². The number of aryl methyl sites for hydroxylation is 1. The van der Waals surface area contributed by atoms with E-state index in [4.69, 9.17) is 5.73 Å². The number of rotatable bonds is 5. The molecule has 0 unspecified atom stereocenters. The van der Waals surface area contributed by atoms with Gasteiger partial charge >= 0.3 is 0 Å². The van der Waals surface area contributed by atoms with Gasteiger partial charge in [0.25, 0.3) is 0 Å². The zero-order valence-electron chi connectivity index (χ0n) is 13.2. The van der Waals surface area contributed by atoms with Crippen molar-refractivity contribution in [3.05, 3.63) is 29.8 Å². The molecule has 1 aliphatic heterocycles. The average molecular weight is 275 g/mol. The number of anilines is 1. The topological polar surface area (TPSA) is 32.5 Å². The van der Waals surface area contributed by atoms with Crippen molar-refractivity contribution in [1.29, 1.82) is 0 Å². The first-order valence-electron chi connectivity index (χ1n) is 7.92. The SMILES string of the molecule is CCC(CC)(CN)N1CCN(c2cccc(C)c2)CC1. The summed E-state index contributed by atoms with van der Waals surface area (Å²) < 4.78 is 0. The predicted molar refractivity (Wildman–Crippen MR) is 87.3 cm³/mol. The van der Waals surface area contributed by atoms with Crippen molar-refractivity contribution >= 4 is 5.69 Å². The van der Waals surface area contributed by atoms with Gasteiger partial charge in [-0.15, -0.1) is 0 Å². The number of hydrogen-bond acceptors (Lipinski definition) is 3. The minimum Gasteiger partial charge on any atom is -0.369 e. The number of benzene rings is 1. The second-order valence-corrected chi connectivity index (χ2v) is 5.95. The highest BCUT2D eigenvalue weighted by Gasteiger charge is 2.34. The van der Waals surface area contributed by atoms with E-state index in [0.29, 0.717) is 0 Å². The molecule has 0 spiro atoms. The van der Waals surface area contributed by atoms with Crippen LogP contribution in [0.5, 0.6) is 0 Å². The maximum Gasteiger partial charge on any atom is 0.0369 e.